The molecule has 2 amide bonds. The Bertz CT molecular complexity index is 906. The fourth-order valence-electron chi connectivity index (χ4n) is 3.70. The molecule has 156 valence electrons. The third kappa shape index (κ3) is 4.81. The van der Waals surface area contributed by atoms with Crippen molar-refractivity contribution in [2.24, 2.45) is 0 Å². The lowest BCUT2D eigenvalue weighted by Crippen LogP contribution is -2.41. The molecule has 3 rings (SSSR count). The molecule has 0 saturated carbocycles. The number of hydrogen-bond donors (Lipinski definition) is 1. The van der Waals surface area contributed by atoms with Crippen molar-refractivity contribution in [2.45, 2.75) is 59.6 Å². The molecule has 29 heavy (non-hydrogen) atoms. The molecule has 0 bridgehead atoms. The van der Waals surface area contributed by atoms with E-state index in [9.17, 15) is 9.59 Å². The van der Waals surface area contributed by atoms with Crippen LogP contribution in [-0.2, 0) is 4.74 Å². The first-order chi connectivity index (χ1) is 13.5. The maximum Gasteiger partial charge on any atom is 0.407 e. The second-order valence-electron chi connectivity index (χ2n) is 8.71. The van der Waals surface area contributed by atoms with Crippen molar-refractivity contribution in [1.29, 1.82) is 0 Å². The Morgan fingerprint density at radius 1 is 1.10 bits per heavy atom. The van der Waals surface area contributed by atoms with Crippen LogP contribution in [0.1, 0.15) is 54.6 Å². The van der Waals surface area contributed by atoms with E-state index in [1.165, 1.54) is 0 Å². The second kappa shape index (κ2) is 7.93. The Hall–Kier alpha value is -2.76. The van der Waals surface area contributed by atoms with Crippen molar-refractivity contribution < 1.29 is 18.7 Å². The molecule has 1 N–H and O–H groups in total. The summed E-state index contributed by atoms with van der Waals surface area (Å²) in [5, 5.41) is 2.87. The van der Waals surface area contributed by atoms with Crippen LogP contribution in [0.15, 0.2) is 28.7 Å². The SMILES string of the molecule is Cc1ccc(-c2c(C)oc(C)c2C(=O)N2CCC(NC(=O)OC(C)(C)C)C2)cc1. The number of amides is 2. The summed E-state index contributed by atoms with van der Waals surface area (Å²) in [7, 11) is 0. The summed E-state index contributed by atoms with van der Waals surface area (Å²) >= 11 is 0. The lowest BCUT2D eigenvalue weighted by Gasteiger charge is -2.22. The number of rotatable bonds is 3. The van der Waals surface area contributed by atoms with Crippen LogP contribution in [0.4, 0.5) is 4.79 Å². The minimum atomic E-state index is -0.549. The zero-order valence-electron chi connectivity index (χ0n) is 18.1. The Morgan fingerprint density at radius 3 is 2.38 bits per heavy atom. The standard InChI is InChI=1S/C23H30N2O4/c1-14-7-9-17(10-8-14)19-15(2)28-16(3)20(19)21(26)25-12-11-18(13-25)24-22(27)29-23(4,5)6/h7-10,18H,11-13H2,1-6H3,(H,24,27). The number of ether oxygens (including phenoxy) is 1. The van der Waals surface area contributed by atoms with Gasteiger partial charge in [0.2, 0.25) is 0 Å². The quantitative estimate of drug-likeness (QED) is 0.819. The Balaban J connectivity index is 1.76. The predicted molar refractivity (Wildman–Crippen MR) is 112 cm³/mol. The van der Waals surface area contributed by atoms with E-state index < -0.39 is 11.7 Å². The molecule has 1 unspecified atom stereocenters. The number of nitrogens with one attached hydrogen (secondary N) is 1. The summed E-state index contributed by atoms with van der Waals surface area (Å²) in [6.45, 7) is 12.3. The van der Waals surface area contributed by atoms with Crippen LogP contribution in [0.3, 0.4) is 0 Å². The highest BCUT2D eigenvalue weighted by molar-refractivity contribution is 6.02. The zero-order valence-corrected chi connectivity index (χ0v) is 18.1. The van der Waals surface area contributed by atoms with Gasteiger partial charge in [-0.15, -0.1) is 0 Å². The van der Waals surface area contributed by atoms with Gasteiger partial charge < -0.3 is 19.4 Å². The van der Waals surface area contributed by atoms with E-state index in [1.54, 1.807) is 4.90 Å². The van der Waals surface area contributed by atoms with E-state index in [0.29, 0.717) is 30.8 Å². The van der Waals surface area contributed by atoms with Crippen LogP contribution in [0.2, 0.25) is 0 Å². The Labute approximate surface area is 172 Å². The number of alkyl carbamates (subject to hydrolysis) is 1. The summed E-state index contributed by atoms with van der Waals surface area (Å²) in [4.78, 5) is 27.1. The van der Waals surface area contributed by atoms with Gasteiger partial charge in [-0.2, -0.15) is 0 Å². The van der Waals surface area contributed by atoms with Gasteiger partial charge in [-0.05, 0) is 53.5 Å². The van der Waals surface area contributed by atoms with Gasteiger partial charge in [0.15, 0.2) is 0 Å². The molecule has 0 aliphatic carbocycles. The van der Waals surface area contributed by atoms with E-state index in [2.05, 4.69) is 5.32 Å². The smallest absolute Gasteiger partial charge is 0.407 e. The molecule has 6 nitrogen and oxygen atoms in total. The molecule has 1 atom stereocenters. The fourth-order valence-corrected chi connectivity index (χ4v) is 3.70. The molecule has 1 aromatic heterocycles. The summed E-state index contributed by atoms with van der Waals surface area (Å²) in [6, 6.07) is 7.97. The summed E-state index contributed by atoms with van der Waals surface area (Å²) in [5.41, 5.74) is 3.03. The third-order valence-electron chi connectivity index (χ3n) is 5.01. The Morgan fingerprint density at radius 2 is 1.76 bits per heavy atom. The minimum Gasteiger partial charge on any atom is -0.465 e. The van der Waals surface area contributed by atoms with Crippen molar-refractivity contribution in [2.75, 3.05) is 13.1 Å². The Kier molecular flexibility index (Phi) is 5.73. The first-order valence-corrected chi connectivity index (χ1v) is 10.0. The van der Waals surface area contributed by atoms with Crippen LogP contribution < -0.4 is 5.32 Å². The average Bonchev–Trinajstić information content (AvgIpc) is 3.17. The maximum atomic E-state index is 13.3. The summed E-state index contributed by atoms with van der Waals surface area (Å²) in [6.07, 6.45) is 0.244. The molecule has 2 aromatic rings. The van der Waals surface area contributed by atoms with Crippen LogP contribution in [0, 0.1) is 20.8 Å². The largest absolute Gasteiger partial charge is 0.465 e. The topological polar surface area (TPSA) is 71.8 Å². The number of furan rings is 1. The fraction of sp³-hybridized carbons (Fsp3) is 0.478. The van der Waals surface area contributed by atoms with Crippen molar-refractivity contribution in [3.63, 3.8) is 0 Å². The van der Waals surface area contributed by atoms with E-state index in [-0.39, 0.29) is 11.9 Å². The van der Waals surface area contributed by atoms with Gasteiger partial charge in [0.1, 0.15) is 17.1 Å². The van der Waals surface area contributed by atoms with Gasteiger partial charge in [-0.1, -0.05) is 29.8 Å². The molecular formula is C23H30N2O4. The normalized spacial score (nSPS) is 16.8. The van der Waals surface area contributed by atoms with Crippen LogP contribution in [-0.4, -0.2) is 41.6 Å². The molecule has 1 aromatic carbocycles. The molecule has 1 fully saturated rings. The van der Waals surface area contributed by atoms with Crippen molar-refractivity contribution in [1.82, 2.24) is 10.2 Å². The highest BCUT2D eigenvalue weighted by atomic mass is 16.6. The lowest BCUT2D eigenvalue weighted by molar-refractivity contribution is 0.0502. The summed E-state index contributed by atoms with van der Waals surface area (Å²) < 4.78 is 11.1. The van der Waals surface area contributed by atoms with Gasteiger partial charge in [0.25, 0.3) is 5.91 Å². The predicted octanol–water partition coefficient (Wildman–Crippen LogP) is 4.61. The number of carbonyl (C=O) groups excluding carboxylic acids is 2. The molecular weight excluding hydrogens is 368 g/mol. The number of nitrogens with zero attached hydrogens (tertiary/aromatic N) is 1. The number of benzene rings is 1. The average molecular weight is 399 g/mol. The highest BCUT2D eigenvalue weighted by Crippen LogP contribution is 2.34. The van der Waals surface area contributed by atoms with Crippen LogP contribution >= 0.6 is 0 Å². The second-order valence-corrected chi connectivity index (χ2v) is 8.71. The first kappa shape index (κ1) is 21.0. The highest BCUT2D eigenvalue weighted by Gasteiger charge is 2.33. The number of aryl methyl sites for hydroxylation is 3. The van der Waals surface area contributed by atoms with Gasteiger partial charge in [0.05, 0.1) is 11.6 Å². The van der Waals surface area contributed by atoms with Crippen LogP contribution in [0.25, 0.3) is 11.1 Å². The minimum absolute atomic E-state index is 0.0663. The maximum absolute atomic E-state index is 13.3. The molecule has 2 heterocycles. The van der Waals surface area contributed by atoms with E-state index in [4.69, 9.17) is 9.15 Å². The summed E-state index contributed by atoms with van der Waals surface area (Å²) in [5.74, 6) is 1.28. The lowest BCUT2D eigenvalue weighted by atomic mass is 9.98. The van der Waals surface area contributed by atoms with Crippen molar-refractivity contribution in [3.8, 4) is 11.1 Å². The molecule has 6 heteroatoms. The molecule has 0 radical (unpaired) electrons. The van der Waals surface area contributed by atoms with Crippen LogP contribution in [0.5, 0.6) is 0 Å². The number of carbonyl (C=O) groups is 2. The van der Waals surface area contributed by atoms with Gasteiger partial charge >= 0.3 is 6.09 Å². The van der Waals surface area contributed by atoms with Gasteiger partial charge in [-0.25, -0.2) is 4.79 Å². The monoisotopic (exact) mass is 398 g/mol. The van der Waals surface area contributed by atoms with Gasteiger partial charge in [0, 0.05) is 18.7 Å². The van der Waals surface area contributed by atoms with Gasteiger partial charge in [-0.3, -0.25) is 4.79 Å². The third-order valence-corrected chi connectivity index (χ3v) is 5.01. The van der Waals surface area contributed by atoms with E-state index in [1.807, 2.05) is 65.8 Å². The number of hydrogen-bond acceptors (Lipinski definition) is 4. The van der Waals surface area contributed by atoms with E-state index >= 15 is 0 Å². The molecule has 0 spiro atoms. The van der Waals surface area contributed by atoms with Crippen molar-refractivity contribution >= 4 is 12.0 Å². The first-order valence-electron chi connectivity index (χ1n) is 10.0. The number of likely N-dealkylation sites (tertiary alicyclic amines) is 1. The molecule has 1 aliphatic rings. The molecule has 1 saturated heterocycles. The van der Waals surface area contributed by atoms with E-state index in [0.717, 1.165) is 22.5 Å². The van der Waals surface area contributed by atoms with Crippen molar-refractivity contribution in [3.05, 3.63) is 46.9 Å². The molecule has 1 aliphatic heterocycles. The zero-order chi connectivity index (χ0) is 21.3.